The second-order valence-electron chi connectivity index (χ2n) is 12.4. The maximum atomic E-state index is 14.1. The molecule has 51 heavy (non-hydrogen) atoms. The number of anilines is 1. The molecule has 270 valence electrons. The fourth-order valence-electron chi connectivity index (χ4n) is 5.38. The highest BCUT2D eigenvalue weighted by Gasteiger charge is 2.58. The summed E-state index contributed by atoms with van der Waals surface area (Å²) in [5.41, 5.74) is 0.319. The zero-order valence-electron chi connectivity index (χ0n) is 28.1. The van der Waals surface area contributed by atoms with Crippen molar-refractivity contribution in [2.75, 3.05) is 30.0 Å². The second kappa shape index (κ2) is 16.5. The molecule has 3 amide bonds. The van der Waals surface area contributed by atoms with Crippen LogP contribution in [0.15, 0.2) is 65.8 Å². The monoisotopic (exact) mass is 773 g/mol. The number of carbonyl (C=O) groups is 5. The van der Waals surface area contributed by atoms with Crippen LogP contribution in [0.4, 0.5) is 5.13 Å². The summed E-state index contributed by atoms with van der Waals surface area (Å²) < 4.78 is 10.4. The molecule has 1 aromatic heterocycles. The van der Waals surface area contributed by atoms with Gasteiger partial charge in [-0.3, -0.25) is 19.2 Å². The SMILES string of the molecule is CCSC1(C(=O)OC(c2ccccc2)c2ccccc2)CS[C@@H]2C(NC(=O)C(=NOCC(=O)OC(C)(C)C)c3nc(NC=O)sc3Cl)C(=O)N2C1. The van der Waals surface area contributed by atoms with E-state index in [0.29, 0.717) is 17.9 Å². The van der Waals surface area contributed by atoms with Crippen LogP contribution < -0.4 is 10.6 Å². The van der Waals surface area contributed by atoms with E-state index < -0.39 is 63.9 Å². The molecule has 2 saturated heterocycles. The van der Waals surface area contributed by atoms with Crippen molar-refractivity contribution in [1.29, 1.82) is 0 Å². The number of aromatic nitrogens is 1. The summed E-state index contributed by atoms with van der Waals surface area (Å²) in [5.74, 6) is -1.50. The number of nitrogens with zero attached hydrogens (tertiary/aromatic N) is 3. The van der Waals surface area contributed by atoms with Crippen molar-refractivity contribution < 1.29 is 38.3 Å². The van der Waals surface area contributed by atoms with Crippen LogP contribution in [0.1, 0.15) is 50.6 Å². The Morgan fingerprint density at radius 1 is 1.14 bits per heavy atom. The van der Waals surface area contributed by atoms with Crippen LogP contribution in [0.2, 0.25) is 4.34 Å². The molecule has 0 spiro atoms. The molecule has 2 aromatic carbocycles. The minimum atomic E-state index is -1.05. The first-order valence-electron chi connectivity index (χ1n) is 15.8. The summed E-state index contributed by atoms with van der Waals surface area (Å²) in [4.78, 5) is 75.4. The molecule has 17 heteroatoms. The number of esters is 2. The number of benzene rings is 2. The number of ether oxygens (including phenoxy) is 2. The van der Waals surface area contributed by atoms with Gasteiger partial charge in [0, 0.05) is 12.3 Å². The highest BCUT2D eigenvalue weighted by Crippen LogP contribution is 2.45. The predicted molar refractivity (Wildman–Crippen MR) is 197 cm³/mol. The minimum Gasteiger partial charge on any atom is -0.457 e. The van der Waals surface area contributed by atoms with Gasteiger partial charge in [-0.25, -0.2) is 9.78 Å². The highest BCUT2D eigenvalue weighted by atomic mass is 35.5. The maximum Gasteiger partial charge on any atom is 0.347 e. The van der Waals surface area contributed by atoms with E-state index in [1.165, 1.54) is 23.5 Å². The average molecular weight is 774 g/mol. The average Bonchev–Trinajstić information content (AvgIpc) is 3.47. The predicted octanol–water partition coefficient (Wildman–Crippen LogP) is 4.65. The second-order valence-corrected chi connectivity index (χ2v) is 16.7. The Morgan fingerprint density at radius 2 is 1.78 bits per heavy atom. The Labute approximate surface area is 312 Å². The summed E-state index contributed by atoms with van der Waals surface area (Å²) in [6.07, 6.45) is -0.251. The molecule has 2 aliphatic rings. The third-order valence-electron chi connectivity index (χ3n) is 7.53. The van der Waals surface area contributed by atoms with Crippen molar-refractivity contribution in [3.05, 3.63) is 81.8 Å². The first-order valence-corrected chi connectivity index (χ1v) is 19.0. The fourth-order valence-corrected chi connectivity index (χ4v) is 9.25. The molecule has 3 atom stereocenters. The van der Waals surface area contributed by atoms with Crippen molar-refractivity contribution in [3.8, 4) is 0 Å². The lowest BCUT2D eigenvalue weighted by molar-refractivity contribution is -0.160. The summed E-state index contributed by atoms with van der Waals surface area (Å²) >= 11 is 10.00. The van der Waals surface area contributed by atoms with E-state index in [1.807, 2.05) is 67.6 Å². The fraction of sp³-hybridized carbons (Fsp3) is 0.382. The number of fused-ring (bicyclic) bond motifs is 1. The van der Waals surface area contributed by atoms with Crippen LogP contribution in [0.5, 0.6) is 0 Å². The summed E-state index contributed by atoms with van der Waals surface area (Å²) in [6, 6.07) is 18.0. The standard InChI is InChI=1S/C34H36ClN5O8S3/c1-5-50-34(31(45)47-26(20-12-8-6-9-13-20)21-14-10-7-11-15-21)17-40-29(44)25(30(40)49-18-34)37-28(43)24(23-27(35)51-32(38-23)36-19-41)39-46-16-22(42)48-33(2,3)4/h6-15,19,25-26,30H,5,16-18H2,1-4H3,(H,37,43)(H,36,38,41)/t25?,30-,34?/m1/s1. The molecular weight excluding hydrogens is 738 g/mol. The molecule has 3 aromatic rings. The summed E-state index contributed by atoms with van der Waals surface area (Å²) in [6.45, 7) is 6.47. The van der Waals surface area contributed by atoms with Gasteiger partial charge in [-0.15, -0.1) is 23.5 Å². The third kappa shape index (κ3) is 9.04. The van der Waals surface area contributed by atoms with Gasteiger partial charge in [-0.1, -0.05) is 95.7 Å². The van der Waals surface area contributed by atoms with E-state index in [0.717, 1.165) is 22.5 Å². The van der Waals surface area contributed by atoms with E-state index >= 15 is 0 Å². The molecule has 2 fully saturated rings. The number of β-lactam (4-membered cyclic amide) rings is 1. The molecule has 13 nitrogen and oxygen atoms in total. The number of thioether (sulfide) groups is 2. The Morgan fingerprint density at radius 3 is 2.37 bits per heavy atom. The quantitative estimate of drug-likeness (QED) is 0.0770. The van der Waals surface area contributed by atoms with E-state index in [9.17, 15) is 24.0 Å². The van der Waals surface area contributed by atoms with Crippen LogP contribution in [-0.2, 0) is 38.3 Å². The van der Waals surface area contributed by atoms with Crippen molar-refractivity contribution in [3.63, 3.8) is 0 Å². The van der Waals surface area contributed by atoms with Gasteiger partial charge in [0.2, 0.25) is 18.9 Å². The van der Waals surface area contributed by atoms with Crippen LogP contribution in [0.25, 0.3) is 0 Å². The number of oxime groups is 1. The van der Waals surface area contributed by atoms with Crippen molar-refractivity contribution in [1.82, 2.24) is 15.2 Å². The van der Waals surface area contributed by atoms with Gasteiger partial charge in [-0.2, -0.15) is 0 Å². The van der Waals surface area contributed by atoms with Crippen LogP contribution in [0, 0.1) is 0 Å². The van der Waals surface area contributed by atoms with E-state index in [1.54, 1.807) is 25.7 Å². The largest absolute Gasteiger partial charge is 0.457 e. The smallest absolute Gasteiger partial charge is 0.347 e. The zero-order chi connectivity index (χ0) is 36.8. The molecule has 3 heterocycles. The van der Waals surface area contributed by atoms with Gasteiger partial charge in [0.1, 0.15) is 31.8 Å². The molecule has 2 unspecified atom stereocenters. The number of hydrogen-bond donors (Lipinski definition) is 2. The maximum absolute atomic E-state index is 14.1. The molecule has 2 aliphatic heterocycles. The van der Waals surface area contributed by atoms with Crippen molar-refractivity contribution >= 4 is 87.5 Å². The highest BCUT2D eigenvalue weighted by molar-refractivity contribution is 8.05. The number of thiazole rings is 1. The van der Waals surface area contributed by atoms with Gasteiger partial charge in [0.05, 0.1) is 0 Å². The summed E-state index contributed by atoms with van der Waals surface area (Å²) in [7, 11) is 0. The Balaban J connectivity index is 1.31. The third-order valence-corrected chi connectivity index (χ3v) is 11.7. The van der Waals surface area contributed by atoms with E-state index in [-0.39, 0.29) is 21.7 Å². The topological polar surface area (TPSA) is 166 Å². The van der Waals surface area contributed by atoms with Crippen molar-refractivity contribution in [2.45, 2.75) is 55.6 Å². The number of hydrogen-bond acceptors (Lipinski definition) is 13. The molecule has 5 rings (SSSR count). The molecule has 0 radical (unpaired) electrons. The van der Waals surface area contributed by atoms with Gasteiger partial charge in [0.15, 0.2) is 16.9 Å². The lowest BCUT2D eigenvalue weighted by Crippen LogP contribution is -2.75. The van der Waals surface area contributed by atoms with Crippen molar-refractivity contribution in [2.24, 2.45) is 5.16 Å². The Hall–Kier alpha value is -4.12. The number of rotatable bonds is 14. The van der Waals surface area contributed by atoms with E-state index in [2.05, 4.69) is 20.8 Å². The molecular formula is C34H36ClN5O8S3. The first kappa shape index (κ1) is 38.1. The lowest BCUT2D eigenvalue weighted by atomic mass is 10.00. The van der Waals surface area contributed by atoms with Gasteiger partial charge in [-0.05, 0) is 37.7 Å². The molecule has 0 bridgehead atoms. The summed E-state index contributed by atoms with van der Waals surface area (Å²) in [5, 5.41) is 8.49. The Bertz CT molecular complexity index is 1750. The first-order chi connectivity index (χ1) is 24.4. The number of halogens is 1. The van der Waals surface area contributed by atoms with Crippen LogP contribution in [0.3, 0.4) is 0 Å². The Kier molecular flexibility index (Phi) is 12.3. The van der Waals surface area contributed by atoms with E-state index in [4.69, 9.17) is 25.9 Å². The molecule has 0 aliphatic carbocycles. The number of amides is 3. The number of carbonyl (C=O) groups excluding carboxylic acids is 5. The van der Waals surface area contributed by atoms with Gasteiger partial charge < -0.3 is 29.8 Å². The van der Waals surface area contributed by atoms with Crippen LogP contribution >= 0.6 is 46.5 Å². The lowest BCUT2D eigenvalue weighted by Gasteiger charge is -2.53. The minimum absolute atomic E-state index is 0.00641. The molecule has 0 saturated carbocycles. The molecule has 2 N–H and O–H groups in total. The van der Waals surface area contributed by atoms with Gasteiger partial charge >= 0.3 is 11.9 Å². The zero-order valence-corrected chi connectivity index (χ0v) is 31.3. The van der Waals surface area contributed by atoms with Gasteiger partial charge in [0.25, 0.3) is 5.91 Å². The van der Waals surface area contributed by atoms with Crippen LogP contribution in [-0.4, -0.2) is 92.2 Å². The normalized spacial score (nSPS) is 20.2. The number of nitrogens with one attached hydrogen (secondary N) is 2.